The molecule has 1 aromatic heterocycles. The van der Waals surface area contributed by atoms with Crippen LogP contribution in [0.4, 0.5) is 18.9 Å². The highest BCUT2D eigenvalue weighted by atomic mass is 32.2. The lowest BCUT2D eigenvalue weighted by Crippen LogP contribution is -2.44. The number of fused-ring (bicyclic) bond motifs is 3. The van der Waals surface area contributed by atoms with E-state index in [9.17, 15) is 23.5 Å². The van der Waals surface area contributed by atoms with E-state index in [1.54, 1.807) is 0 Å². The predicted octanol–water partition coefficient (Wildman–Crippen LogP) is 3.52. The van der Waals surface area contributed by atoms with Gasteiger partial charge in [-0.25, -0.2) is 18.0 Å². The number of hydrogen-bond donors (Lipinski definition) is 1. The number of benzene rings is 2. The van der Waals surface area contributed by atoms with Gasteiger partial charge in [-0.15, -0.1) is 0 Å². The lowest BCUT2D eigenvalue weighted by molar-refractivity contribution is 0.0689. The first-order chi connectivity index (χ1) is 15.3. The molecule has 1 saturated heterocycles. The third-order valence-electron chi connectivity index (χ3n) is 5.97. The molecule has 166 valence electrons. The minimum Gasteiger partial charge on any atom is -0.477 e. The van der Waals surface area contributed by atoms with Crippen molar-refractivity contribution >= 4 is 34.3 Å². The summed E-state index contributed by atoms with van der Waals surface area (Å²) in [7, 11) is 1.98. The molecule has 1 atom stereocenters. The maximum atomic E-state index is 15.0. The maximum absolute atomic E-state index is 15.0. The monoisotopic (exact) mass is 461 g/mol. The molecular weight excluding hydrogens is 443 g/mol. The van der Waals surface area contributed by atoms with Crippen LogP contribution in [0.1, 0.15) is 21.3 Å². The van der Waals surface area contributed by atoms with Crippen molar-refractivity contribution < 1.29 is 23.1 Å². The molecule has 0 aliphatic carbocycles. The molecule has 2 aliphatic rings. The van der Waals surface area contributed by atoms with E-state index in [4.69, 9.17) is 0 Å². The predicted molar refractivity (Wildman–Crippen MR) is 115 cm³/mol. The summed E-state index contributed by atoms with van der Waals surface area (Å²) in [5.41, 5.74) is -0.493. The summed E-state index contributed by atoms with van der Waals surface area (Å²) in [5, 5.41) is 8.97. The maximum Gasteiger partial charge on any atom is 0.342 e. The number of rotatable bonds is 3. The number of anilines is 1. The van der Waals surface area contributed by atoms with Crippen LogP contribution in [-0.2, 0) is 0 Å². The number of piperazine rings is 1. The number of halogens is 3. The van der Waals surface area contributed by atoms with Crippen LogP contribution in [0.3, 0.4) is 0 Å². The Morgan fingerprint density at radius 2 is 1.78 bits per heavy atom. The van der Waals surface area contributed by atoms with Crippen LogP contribution in [0.2, 0.25) is 0 Å². The molecule has 3 heterocycles. The Labute approximate surface area is 184 Å². The van der Waals surface area contributed by atoms with Gasteiger partial charge in [0.15, 0.2) is 0 Å². The van der Waals surface area contributed by atoms with E-state index in [-0.39, 0.29) is 16.0 Å². The standard InChI is InChI=1S/C22H18F3N3O3S/c1-26-4-6-27(7-5-26)17-10-16-13(9-15(17)25)19(29)18(22(30)31)21-28(16)20(32-21)12-3-2-11(23)8-14(12)24/h2-3,8-10,20H,4-7H2,1H3,(H,30,31). The number of carboxylic acid groups (broad SMARTS) is 1. The molecule has 0 amide bonds. The van der Waals surface area contributed by atoms with Gasteiger partial charge >= 0.3 is 5.97 Å². The van der Waals surface area contributed by atoms with Crippen molar-refractivity contribution in [3.05, 3.63) is 69.1 Å². The highest BCUT2D eigenvalue weighted by Crippen LogP contribution is 2.51. The van der Waals surface area contributed by atoms with Gasteiger partial charge in [-0.3, -0.25) is 4.79 Å². The van der Waals surface area contributed by atoms with E-state index in [0.717, 1.165) is 43.1 Å². The molecule has 0 spiro atoms. The molecule has 6 nitrogen and oxygen atoms in total. The first-order valence-electron chi connectivity index (χ1n) is 9.96. The Bertz CT molecular complexity index is 1340. The Morgan fingerprint density at radius 3 is 2.44 bits per heavy atom. The molecule has 1 fully saturated rings. The molecule has 3 aromatic rings. The zero-order chi connectivity index (χ0) is 22.7. The molecule has 2 aliphatic heterocycles. The lowest BCUT2D eigenvalue weighted by Gasteiger charge is -2.37. The molecule has 0 bridgehead atoms. The van der Waals surface area contributed by atoms with Crippen LogP contribution in [-0.4, -0.2) is 53.8 Å². The second-order valence-corrected chi connectivity index (χ2v) is 9.00. The smallest absolute Gasteiger partial charge is 0.342 e. The van der Waals surface area contributed by atoms with Crippen molar-refractivity contribution in [3.8, 4) is 0 Å². The molecule has 2 aromatic carbocycles. The van der Waals surface area contributed by atoms with Crippen LogP contribution < -0.4 is 10.3 Å². The highest BCUT2D eigenvalue weighted by molar-refractivity contribution is 8.00. The average molecular weight is 461 g/mol. The first-order valence-corrected chi connectivity index (χ1v) is 10.8. The van der Waals surface area contributed by atoms with E-state index in [2.05, 4.69) is 4.90 Å². The zero-order valence-electron chi connectivity index (χ0n) is 16.9. The molecule has 10 heteroatoms. The molecule has 1 unspecified atom stereocenters. The fraction of sp³-hybridized carbons (Fsp3) is 0.273. The zero-order valence-corrected chi connectivity index (χ0v) is 17.8. The molecule has 32 heavy (non-hydrogen) atoms. The van der Waals surface area contributed by atoms with Gasteiger partial charge < -0.3 is 19.5 Å². The van der Waals surface area contributed by atoms with Crippen LogP contribution >= 0.6 is 11.8 Å². The van der Waals surface area contributed by atoms with Gasteiger partial charge in [0.05, 0.1) is 16.2 Å². The topological polar surface area (TPSA) is 65.8 Å². The summed E-state index contributed by atoms with van der Waals surface area (Å²) >= 11 is 1.01. The molecule has 0 radical (unpaired) electrons. The van der Waals surface area contributed by atoms with Gasteiger partial charge in [0.2, 0.25) is 5.43 Å². The number of carbonyl (C=O) groups is 1. The number of nitrogens with zero attached hydrogens (tertiary/aromatic N) is 3. The Morgan fingerprint density at radius 1 is 1.06 bits per heavy atom. The first kappa shape index (κ1) is 20.9. The summed E-state index contributed by atoms with van der Waals surface area (Å²) in [6.07, 6.45) is 0. The third-order valence-corrected chi connectivity index (χ3v) is 7.29. The SMILES string of the molecule is CN1CCN(c2cc3c(cc2F)c(=O)c(C(=O)O)c2n3C(c3ccc(F)cc3F)S2)CC1. The van der Waals surface area contributed by atoms with Gasteiger partial charge in [0.1, 0.15) is 28.4 Å². The van der Waals surface area contributed by atoms with Crippen molar-refractivity contribution in [1.29, 1.82) is 0 Å². The van der Waals surface area contributed by atoms with Crippen LogP contribution in [0.25, 0.3) is 10.9 Å². The quantitative estimate of drug-likeness (QED) is 0.644. The summed E-state index contributed by atoms with van der Waals surface area (Å²) in [5.74, 6) is -3.56. The largest absolute Gasteiger partial charge is 0.477 e. The molecule has 5 rings (SSSR count). The van der Waals surface area contributed by atoms with E-state index in [0.29, 0.717) is 24.3 Å². The average Bonchev–Trinajstić information content (AvgIpc) is 2.72. The van der Waals surface area contributed by atoms with E-state index in [1.807, 2.05) is 11.9 Å². The van der Waals surface area contributed by atoms with Gasteiger partial charge in [0, 0.05) is 43.2 Å². The Balaban J connectivity index is 1.74. The highest BCUT2D eigenvalue weighted by Gasteiger charge is 2.38. The summed E-state index contributed by atoms with van der Waals surface area (Å²) < 4.78 is 44.5. The van der Waals surface area contributed by atoms with E-state index < -0.39 is 39.8 Å². The van der Waals surface area contributed by atoms with Crippen molar-refractivity contribution in [2.24, 2.45) is 0 Å². The van der Waals surface area contributed by atoms with Crippen molar-refractivity contribution in [3.63, 3.8) is 0 Å². The Hall–Kier alpha value is -2.98. The second kappa shape index (κ2) is 7.56. The summed E-state index contributed by atoms with van der Waals surface area (Å²) in [6, 6.07) is 5.76. The fourth-order valence-electron chi connectivity index (χ4n) is 4.23. The minimum absolute atomic E-state index is 0.0886. The second-order valence-electron chi connectivity index (χ2n) is 7.93. The fourth-order valence-corrected chi connectivity index (χ4v) is 5.54. The van der Waals surface area contributed by atoms with Gasteiger partial charge in [-0.2, -0.15) is 0 Å². The number of thioether (sulfide) groups is 1. The van der Waals surface area contributed by atoms with Crippen molar-refractivity contribution in [1.82, 2.24) is 9.47 Å². The third kappa shape index (κ3) is 3.17. The number of likely N-dealkylation sites (N-methyl/N-ethyl adjacent to an activating group) is 1. The van der Waals surface area contributed by atoms with Gasteiger partial charge in [-0.05, 0) is 25.2 Å². The number of hydrogen-bond acceptors (Lipinski definition) is 5. The molecule has 1 N–H and O–H groups in total. The minimum atomic E-state index is -1.44. The molecular formula is C22H18F3N3O3S. The summed E-state index contributed by atoms with van der Waals surface area (Å²) in [6.45, 7) is 2.67. The van der Waals surface area contributed by atoms with E-state index in [1.165, 1.54) is 16.7 Å². The number of pyridine rings is 1. The number of aromatic nitrogens is 1. The van der Waals surface area contributed by atoms with Gasteiger partial charge in [0.25, 0.3) is 0 Å². The van der Waals surface area contributed by atoms with Gasteiger partial charge in [-0.1, -0.05) is 17.8 Å². The lowest BCUT2D eigenvalue weighted by atomic mass is 10.1. The molecule has 0 saturated carbocycles. The van der Waals surface area contributed by atoms with Crippen LogP contribution in [0.5, 0.6) is 0 Å². The van der Waals surface area contributed by atoms with Crippen molar-refractivity contribution in [2.45, 2.75) is 10.4 Å². The summed E-state index contributed by atoms with van der Waals surface area (Å²) in [4.78, 5) is 28.7. The van der Waals surface area contributed by atoms with Crippen molar-refractivity contribution in [2.75, 3.05) is 38.1 Å². The number of aromatic carboxylic acids is 1. The van der Waals surface area contributed by atoms with Crippen LogP contribution in [0, 0.1) is 17.5 Å². The van der Waals surface area contributed by atoms with Crippen LogP contribution in [0.15, 0.2) is 40.2 Å². The van der Waals surface area contributed by atoms with E-state index >= 15 is 4.39 Å². The normalized spacial score (nSPS) is 18.5. The number of carboxylic acids is 1. The Kier molecular flexibility index (Phi) is 4.94.